The number of halogens is 1. The number of sulfonamides is 1. The first-order valence-electron chi connectivity index (χ1n) is 8.01. The van der Waals surface area contributed by atoms with Gasteiger partial charge in [0.2, 0.25) is 10.0 Å². The molecule has 25 heavy (non-hydrogen) atoms. The van der Waals surface area contributed by atoms with Crippen molar-refractivity contribution < 1.29 is 13.2 Å². The Balaban J connectivity index is 1.77. The lowest BCUT2D eigenvalue weighted by Gasteiger charge is -2.11. The molecule has 1 saturated carbocycles. The van der Waals surface area contributed by atoms with Crippen LogP contribution in [0.25, 0.3) is 0 Å². The van der Waals surface area contributed by atoms with Crippen molar-refractivity contribution in [3.63, 3.8) is 0 Å². The third-order valence-corrected chi connectivity index (χ3v) is 5.95. The van der Waals surface area contributed by atoms with E-state index in [0.717, 1.165) is 18.4 Å². The van der Waals surface area contributed by atoms with Gasteiger partial charge in [0.15, 0.2) is 0 Å². The van der Waals surface area contributed by atoms with Crippen molar-refractivity contribution in [1.82, 2.24) is 10.0 Å². The summed E-state index contributed by atoms with van der Waals surface area (Å²) >= 11 is 6.09. The zero-order valence-electron chi connectivity index (χ0n) is 13.8. The molecule has 0 spiro atoms. The lowest BCUT2D eigenvalue weighted by molar-refractivity contribution is 0.0950. The van der Waals surface area contributed by atoms with Crippen molar-refractivity contribution >= 4 is 27.5 Å². The number of benzene rings is 2. The van der Waals surface area contributed by atoms with Crippen molar-refractivity contribution in [3.05, 3.63) is 64.2 Å². The molecule has 2 aromatic carbocycles. The van der Waals surface area contributed by atoms with Gasteiger partial charge < -0.3 is 5.32 Å². The molecule has 3 rings (SSSR count). The highest BCUT2D eigenvalue weighted by atomic mass is 35.5. The summed E-state index contributed by atoms with van der Waals surface area (Å²) in [4.78, 5) is 12.6. The molecular formula is C18H19ClN2O3S. The van der Waals surface area contributed by atoms with Gasteiger partial charge in [-0.3, -0.25) is 4.79 Å². The van der Waals surface area contributed by atoms with Gasteiger partial charge in [0, 0.05) is 23.2 Å². The fraction of sp³-hybridized carbons (Fsp3) is 0.278. The average molecular weight is 379 g/mol. The largest absolute Gasteiger partial charge is 0.348 e. The predicted molar refractivity (Wildman–Crippen MR) is 97.1 cm³/mol. The van der Waals surface area contributed by atoms with Crippen LogP contribution in [-0.2, 0) is 16.6 Å². The number of rotatable bonds is 6. The Bertz CT molecular complexity index is 908. The maximum absolute atomic E-state index is 12.5. The Morgan fingerprint density at radius 2 is 1.92 bits per heavy atom. The number of nitrogens with one attached hydrogen (secondary N) is 2. The van der Waals surface area contributed by atoms with Gasteiger partial charge in [0.05, 0.1) is 4.90 Å². The third-order valence-electron chi connectivity index (χ3n) is 4.06. The summed E-state index contributed by atoms with van der Waals surface area (Å²) in [6, 6.07) is 11.8. The molecule has 0 aromatic heterocycles. The van der Waals surface area contributed by atoms with E-state index in [9.17, 15) is 13.2 Å². The summed E-state index contributed by atoms with van der Waals surface area (Å²) in [5, 5.41) is 3.36. The molecule has 7 heteroatoms. The summed E-state index contributed by atoms with van der Waals surface area (Å²) in [6.45, 7) is 2.05. The molecule has 5 nitrogen and oxygen atoms in total. The second kappa shape index (κ2) is 7.15. The van der Waals surface area contributed by atoms with Crippen LogP contribution in [0.2, 0.25) is 5.02 Å². The van der Waals surface area contributed by atoms with E-state index in [1.165, 1.54) is 12.1 Å². The van der Waals surface area contributed by atoms with Gasteiger partial charge in [0.1, 0.15) is 0 Å². The second-order valence-corrected chi connectivity index (χ2v) is 8.27. The van der Waals surface area contributed by atoms with E-state index in [4.69, 9.17) is 11.6 Å². The fourth-order valence-corrected chi connectivity index (χ4v) is 3.95. The molecule has 0 saturated heterocycles. The van der Waals surface area contributed by atoms with Crippen molar-refractivity contribution in [2.45, 2.75) is 37.2 Å². The monoisotopic (exact) mass is 378 g/mol. The second-order valence-electron chi connectivity index (χ2n) is 6.15. The molecule has 0 atom stereocenters. The van der Waals surface area contributed by atoms with E-state index in [1.54, 1.807) is 19.1 Å². The Kier molecular flexibility index (Phi) is 5.13. The van der Waals surface area contributed by atoms with Crippen LogP contribution >= 0.6 is 11.6 Å². The average Bonchev–Trinajstić information content (AvgIpc) is 3.37. The number of carbonyl (C=O) groups is 1. The molecule has 132 valence electrons. The molecule has 0 bridgehead atoms. The lowest BCUT2D eigenvalue weighted by Crippen LogP contribution is -2.27. The summed E-state index contributed by atoms with van der Waals surface area (Å²) in [5.74, 6) is -0.333. The van der Waals surface area contributed by atoms with Crippen molar-refractivity contribution in [2.75, 3.05) is 0 Å². The first kappa shape index (κ1) is 17.9. The predicted octanol–water partition coefficient (Wildman–Crippen LogP) is 3.02. The van der Waals surface area contributed by atoms with Gasteiger partial charge in [-0.25, -0.2) is 13.1 Å². The minimum Gasteiger partial charge on any atom is -0.348 e. The highest BCUT2D eigenvalue weighted by Crippen LogP contribution is 2.23. The number of amides is 1. The maximum Gasteiger partial charge on any atom is 0.251 e. The number of hydrogen-bond acceptors (Lipinski definition) is 3. The van der Waals surface area contributed by atoms with E-state index in [0.29, 0.717) is 16.1 Å². The van der Waals surface area contributed by atoms with Crippen LogP contribution < -0.4 is 10.0 Å². The van der Waals surface area contributed by atoms with E-state index in [1.807, 2.05) is 18.2 Å². The van der Waals surface area contributed by atoms with Crippen molar-refractivity contribution in [2.24, 2.45) is 0 Å². The molecule has 0 heterocycles. The van der Waals surface area contributed by atoms with Gasteiger partial charge in [-0.15, -0.1) is 0 Å². The number of hydrogen-bond donors (Lipinski definition) is 2. The van der Waals surface area contributed by atoms with Gasteiger partial charge in [-0.05, 0) is 49.1 Å². The summed E-state index contributed by atoms with van der Waals surface area (Å²) in [7, 11) is -3.59. The highest BCUT2D eigenvalue weighted by molar-refractivity contribution is 7.89. The van der Waals surface area contributed by atoms with Crippen molar-refractivity contribution in [3.8, 4) is 0 Å². The van der Waals surface area contributed by atoms with Crippen LogP contribution in [0.15, 0.2) is 47.4 Å². The third kappa shape index (κ3) is 4.39. The Labute approximate surface area is 152 Å². The Morgan fingerprint density at radius 1 is 1.20 bits per heavy atom. The number of aryl methyl sites for hydroxylation is 1. The quantitative estimate of drug-likeness (QED) is 0.811. The van der Waals surface area contributed by atoms with E-state index in [-0.39, 0.29) is 23.4 Å². The molecule has 2 aromatic rings. The summed E-state index contributed by atoms with van der Waals surface area (Å²) in [6.07, 6.45) is 1.71. The molecule has 2 N–H and O–H groups in total. The maximum atomic E-state index is 12.5. The highest BCUT2D eigenvalue weighted by Gasteiger charge is 2.28. The minimum atomic E-state index is -3.59. The zero-order valence-corrected chi connectivity index (χ0v) is 15.3. The standard InChI is InChI=1S/C18H19ClN2O3S/c1-12-6-9-15(25(23,24)21-14-7-8-14)10-16(12)18(22)20-11-13-4-2-3-5-17(13)19/h2-6,9-10,14,21H,7-8,11H2,1H3,(H,20,22). The van der Waals surface area contributed by atoms with Gasteiger partial charge in [0.25, 0.3) is 5.91 Å². The van der Waals surface area contributed by atoms with Gasteiger partial charge >= 0.3 is 0 Å². The molecule has 1 aliphatic carbocycles. The van der Waals surface area contributed by atoms with Crippen LogP contribution in [-0.4, -0.2) is 20.4 Å². The first-order chi connectivity index (χ1) is 11.9. The van der Waals surface area contributed by atoms with Crippen LogP contribution in [0.5, 0.6) is 0 Å². The topological polar surface area (TPSA) is 75.3 Å². The smallest absolute Gasteiger partial charge is 0.251 e. The number of carbonyl (C=O) groups excluding carboxylic acids is 1. The van der Waals surface area contributed by atoms with Crippen LogP contribution in [0.4, 0.5) is 0 Å². The van der Waals surface area contributed by atoms with E-state index < -0.39 is 10.0 Å². The Morgan fingerprint density at radius 3 is 2.60 bits per heavy atom. The zero-order chi connectivity index (χ0) is 18.0. The summed E-state index contributed by atoms with van der Waals surface area (Å²) in [5.41, 5.74) is 1.85. The van der Waals surface area contributed by atoms with Crippen LogP contribution in [0.3, 0.4) is 0 Å². The molecule has 0 unspecified atom stereocenters. The van der Waals surface area contributed by atoms with E-state index in [2.05, 4.69) is 10.0 Å². The SMILES string of the molecule is Cc1ccc(S(=O)(=O)NC2CC2)cc1C(=O)NCc1ccccc1Cl. The van der Waals surface area contributed by atoms with Crippen LogP contribution in [0.1, 0.15) is 34.3 Å². The first-order valence-corrected chi connectivity index (χ1v) is 9.87. The van der Waals surface area contributed by atoms with Crippen LogP contribution in [0, 0.1) is 6.92 Å². The molecule has 1 amide bonds. The van der Waals surface area contributed by atoms with Crippen molar-refractivity contribution in [1.29, 1.82) is 0 Å². The fourth-order valence-electron chi connectivity index (χ4n) is 2.41. The normalized spacial score (nSPS) is 14.3. The molecule has 0 radical (unpaired) electrons. The minimum absolute atomic E-state index is 0.0174. The van der Waals surface area contributed by atoms with Gasteiger partial charge in [-0.1, -0.05) is 35.9 Å². The summed E-state index contributed by atoms with van der Waals surface area (Å²) < 4.78 is 27.3. The molecule has 1 fully saturated rings. The molecule has 1 aliphatic rings. The van der Waals surface area contributed by atoms with E-state index >= 15 is 0 Å². The molecular weight excluding hydrogens is 360 g/mol. The van der Waals surface area contributed by atoms with Gasteiger partial charge in [-0.2, -0.15) is 0 Å². The lowest BCUT2D eigenvalue weighted by atomic mass is 10.1. The molecule has 0 aliphatic heterocycles. The Hall–Kier alpha value is -1.89.